The van der Waals surface area contributed by atoms with Crippen molar-refractivity contribution < 1.29 is 14.3 Å². The van der Waals surface area contributed by atoms with E-state index >= 15 is 0 Å². The first-order valence-electron chi connectivity index (χ1n) is 9.29. The summed E-state index contributed by atoms with van der Waals surface area (Å²) in [6.45, 7) is 2.08. The van der Waals surface area contributed by atoms with Gasteiger partial charge in [0, 0.05) is 18.0 Å². The van der Waals surface area contributed by atoms with Crippen LogP contribution in [0.5, 0.6) is 11.5 Å². The zero-order valence-corrected chi connectivity index (χ0v) is 16.2. The standard InChI is InChI=1S/C22H28N2O3/c1-15-4-6-16(7-5-15)14-22(10-11-22)24-21(25)13-18(23)17-8-9-19(26-2)20(12-17)27-3/h4-9,12,18H,10-11,13-14,23H2,1-3H3,(H,24,25). The molecule has 1 saturated carbocycles. The number of nitrogens with one attached hydrogen (secondary N) is 1. The van der Waals surface area contributed by atoms with Crippen molar-refractivity contribution in [3.63, 3.8) is 0 Å². The van der Waals surface area contributed by atoms with Crippen molar-refractivity contribution in [1.29, 1.82) is 0 Å². The summed E-state index contributed by atoms with van der Waals surface area (Å²) in [6, 6.07) is 13.6. The van der Waals surface area contributed by atoms with Gasteiger partial charge in [0.15, 0.2) is 11.5 Å². The van der Waals surface area contributed by atoms with Crippen LogP contribution in [0.25, 0.3) is 0 Å². The zero-order chi connectivity index (χ0) is 19.4. The van der Waals surface area contributed by atoms with Crippen LogP contribution < -0.4 is 20.5 Å². The summed E-state index contributed by atoms with van der Waals surface area (Å²) in [6.07, 6.45) is 3.13. The quantitative estimate of drug-likeness (QED) is 0.750. The third-order valence-corrected chi connectivity index (χ3v) is 5.16. The van der Waals surface area contributed by atoms with Crippen LogP contribution in [0.1, 0.15) is 42.0 Å². The monoisotopic (exact) mass is 368 g/mol. The summed E-state index contributed by atoms with van der Waals surface area (Å²) >= 11 is 0. The Kier molecular flexibility index (Phi) is 5.71. The number of nitrogens with two attached hydrogens (primary N) is 1. The number of carbonyl (C=O) groups is 1. The second-order valence-corrected chi connectivity index (χ2v) is 7.42. The maximum atomic E-state index is 12.6. The number of benzene rings is 2. The fraction of sp³-hybridized carbons (Fsp3) is 0.409. The van der Waals surface area contributed by atoms with Crippen LogP contribution in [0.2, 0.25) is 0 Å². The number of methoxy groups -OCH3 is 2. The summed E-state index contributed by atoms with van der Waals surface area (Å²) in [5.41, 5.74) is 9.50. The molecule has 1 unspecified atom stereocenters. The average Bonchev–Trinajstić information content (AvgIpc) is 3.41. The van der Waals surface area contributed by atoms with E-state index in [0.29, 0.717) is 11.5 Å². The molecule has 2 aromatic carbocycles. The number of hydrogen-bond donors (Lipinski definition) is 2. The molecule has 1 fully saturated rings. The van der Waals surface area contributed by atoms with Gasteiger partial charge >= 0.3 is 0 Å². The molecule has 27 heavy (non-hydrogen) atoms. The molecule has 0 bridgehead atoms. The van der Waals surface area contributed by atoms with Gasteiger partial charge in [-0.05, 0) is 49.4 Å². The first-order valence-corrected chi connectivity index (χ1v) is 9.29. The van der Waals surface area contributed by atoms with Crippen molar-refractivity contribution in [3.8, 4) is 11.5 Å². The van der Waals surface area contributed by atoms with Crippen molar-refractivity contribution in [2.45, 2.75) is 44.2 Å². The maximum absolute atomic E-state index is 12.6. The lowest BCUT2D eigenvalue weighted by molar-refractivity contribution is -0.122. The molecule has 0 spiro atoms. The predicted molar refractivity (Wildman–Crippen MR) is 106 cm³/mol. The van der Waals surface area contributed by atoms with E-state index in [9.17, 15) is 4.79 Å². The van der Waals surface area contributed by atoms with Gasteiger partial charge in [0.2, 0.25) is 5.91 Å². The largest absolute Gasteiger partial charge is 0.493 e. The first-order chi connectivity index (χ1) is 12.9. The lowest BCUT2D eigenvalue weighted by Gasteiger charge is -2.20. The van der Waals surface area contributed by atoms with Crippen LogP contribution in [0, 0.1) is 6.92 Å². The third kappa shape index (κ3) is 4.80. The smallest absolute Gasteiger partial charge is 0.222 e. The van der Waals surface area contributed by atoms with E-state index in [1.807, 2.05) is 18.2 Å². The third-order valence-electron chi connectivity index (χ3n) is 5.16. The molecular weight excluding hydrogens is 340 g/mol. The van der Waals surface area contributed by atoms with Crippen LogP contribution in [0.3, 0.4) is 0 Å². The van der Waals surface area contributed by atoms with E-state index in [1.165, 1.54) is 11.1 Å². The molecule has 0 aromatic heterocycles. The molecule has 0 saturated heterocycles. The fourth-order valence-corrected chi connectivity index (χ4v) is 3.34. The number of carbonyl (C=O) groups excluding carboxylic acids is 1. The van der Waals surface area contributed by atoms with Crippen LogP contribution >= 0.6 is 0 Å². The van der Waals surface area contributed by atoms with E-state index in [0.717, 1.165) is 24.8 Å². The van der Waals surface area contributed by atoms with E-state index in [2.05, 4.69) is 36.5 Å². The second kappa shape index (κ2) is 8.01. The molecule has 1 aliphatic carbocycles. The molecule has 5 heteroatoms. The molecule has 0 aliphatic heterocycles. The maximum Gasteiger partial charge on any atom is 0.222 e. The van der Waals surface area contributed by atoms with Gasteiger partial charge < -0.3 is 20.5 Å². The highest BCUT2D eigenvalue weighted by Gasteiger charge is 2.43. The minimum atomic E-state index is -0.389. The first kappa shape index (κ1) is 19.2. The van der Waals surface area contributed by atoms with Crippen molar-refractivity contribution in [2.75, 3.05) is 14.2 Å². The van der Waals surface area contributed by atoms with E-state index in [1.54, 1.807) is 14.2 Å². The van der Waals surface area contributed by atoms with Crippen LogP contribution in [0.4, 0.5) is 0 Å². The molecule has 1 atom stereocenters. The SMILES string of the molecule is COc1ccc(C(N)CC(=O)NC2(Cc3ccc(C)cc3)CC2)cc1OC. The Bertz CT molecular complexity index is 798. The van der Waals surface area contributed by atoms with E-state index in [4.69, 9.17) is 15.2 Å². The topological polar surface area (TPSA) is 73.6 Å². The molecule has 144 valence electrons. The minimum Gasteiger partial charge on any atom is -0.493 e. The Labute approximate surface area is 160 Å². The van der Waals surface area contributed by atoms with Crippen LogP contribution in [-0.2, 0) is 11.2 Å². The molecule has 5 nitrogen and oxygen atoms in total. The summed E-state index contributed by atoms with van der Waals surface area (Å²) in [7, 11) is 3.18. The van der Waals surface area contributed by atoms with Gasteiger partial charge in [-0.15, -0.1) is 0 Å². The molecule has 0 radical (unpaired) electrons. The number of rotatable bonds is 8. The Morgan fingerprint density at radius 3 is 2.37 bits per heavy atom. The van der Waals surface area contributed by atoms with Crippen molar-refractivity contribution in [1.82, 2.24) is 5.32 Å². The van der Waals surface area contributed by atoms with Crippen molar-refractivity contribution in [3.05, 3.63) is 59.2 Å². The molecule has 1 aliphatic rings. The Morgan fingerprint density at radius 2 is 1.78 bits per heavy atom. The Morgan fingerprint density at radius 1 is 1.11 bits per heavy atom. The highest BCUT2D eigenvalue weighted by Crippen LogP contribution is 2.39. The number of hydrogen-bond acceptors (Lipinski definition) is 4. The number of amides is 1. The molecular formula is C22H28N2O3. The highest BCUT2D eigenvalue weighted by atomic mass is 16.5. The molecule has 3 N–H and O–H groups in total. The van der Waals surface area contributed by atoms with Crippen molar-refractivity contribution in [2.24, 2.45) is 5.73 Å². The van der Waals surface area contributed by atoms with Gasteiger partial charge in [-0.25, -0.2) is 0 Å². The number of ether oxygens (including phenoxy) is 2. The minimum absolute atomic E-state index is 0.0121. The van der Waals surface area contributed by atoms with Gasteiger partial charge in [0.25, 0.3) is 0 Å². The van der Waals surface area contributed by atoms with Crippen molar-refractivity contribution >= 4 is 5.91 Å². The summed E-state index contributed by atoms with van der Waals surface area (Å²) in [5, 5.41) is 3.21. The van der Waals surface area contributed by atoms with Gasteiger partial charge in [-0.1, -0.05) is 35.9 Å². The summed E-state index contributed by atoms with van der Waals surface area (Å²) in [5.74, 6) is 1.25. The molecule has 1 amide bonds. The van der Waals surface area contributed by atoms with E-state index < -0.39 is 0 Å². The molecule has 2 aromatic rings. The normalized spacial score (nSPS) is 15.7. The van der Waals surface area contributed by atoms with Gasteiger partial charge in [-0.2, -0.15) is 0 Å². The lowest BCUT2D eigenvalue weighted by Crippen LogP contribution is -2.39. The Balaban J connectivity index is 1.59. The lowest BCUT2D eigenvalue weighted by atomic mass is 10.0. The van der Waals surface area contributed by atoms with Gasteiger partial charge in [-0.3, -0.25) is 4.79 Å². The predicted octanol–water partition coefficient (Wildman–Crippen LogP) is 3.29. The Hall–Kier alpha value is -2.53. The average molecular weight is 368 g/mol. The van der Waals surface area contributed by atoms with E-state index in [-0.39, 0.29) is 23.9 Å². The van der Waals surface area contributed by atoms with Gasteiger partial charge in [0.05, 0.1) is 14.2 Å². The zero-order valence-electron chi connectivity index (χ0n) is 16.2. The fourth-order valence-electron chi connectivity index (χ4n) is 3.34. The summed E-state index contributed by atoms with van der Waals surface area (Å²) in [4.78, 5) is 12.6. The summed E-state index contributed by atoms with van der Waals surface area (Å²) < 4.78 is 10.6. The van der Waals surface area contributed by atoms with Gasteiger partial charge in [0.1, 0.15) is 0 Å². The highest BCUT2D eigenvalue weighted by molar-refractivity contribution is 5.78. The molecule has 0 heterocycles. The molecule has 3 rings (SSSR count). The number of aryl methyl sites for hydroxylation is 1. The second-order valence-electron chi connectivity index (χ2n) is 7.42. The van der Waals surface area contributed by atoms with Crippen LogP contribution in [-0.4, -0.2) is 25.7 Å². The van der Waals surface area contributed by atoms with Crippen LogP contribution in [0.15, 0.2) is 42.5 Å².